The van der Waals surface area contributed by atoms with Gasteiger partial charge in [0.2, 0.25) is 0 Å². The molecule has 2 saturated carbocycles. The van der Waals surface area contributed by atoms with Crippen LogP contribution in [0.3, 0.4) is 0 Å². The van der Waals surface area contributed by atoms with E-state index in [0.29, 0.717) is 12.1 Å². The van der Waals surface area contributed by atoms with Gasteiger partial charge in [0.05, 0.1) is 0 Å². The normalized spacial score (nSPS) is 26.7. The van der Waals surface area contributed by atoms with Crippen molar-refractivity contribution in [2.24, 2.45) is 4.99 Å². The van der Waals surface area contributed by atoms with Gasteiger partial charge in [0.1, 0.15) is 0 Å². The number of hydrogen-bond acceptors (Lipinski definition) is 1. The molecule has 0 aromatic heterocycles. The Labute approximate surface area is 115 Å². The first kappa shape index (κ1) is 12.5. The summed E-state index contributed by atoms with van der Waals surface area (Å²) in [4.78, 5) is 4.30. The molecular weight excluding hydrogens is 234 g/mol. The van der Waals surface area contributed by atoms with Gasteiger partial charge < -0.3 is 10.6 Å². The Morgan fingerprint density at radius 2 is 1.79 bits per heavy atom. The number of hydrogen-bond donors (Lipinski definition) is 2. The van der Waals surface area contributed by atoms with Crippen molar-refractivity contribution in [1.29, 1.82) is 0 Å². The van der Waals surface area contributed by atoms with Crippen molar-refractivity contribution in [3.8, 4) is 0 Å². The summed E-state index contributed by atoms with van der Waals surface area (Å²) >= 11 is 0. The lowest BCUT2D eigenvalue weighted by Crippen LogP contribution is -2.49. The highest BCUT2D eigenvalue weighted by Crippen LogP contribution is 2.38. The molecule has 0 bridgehead atoms. The fourth-order valence-electron chi connectivity index (χ4n) is 2.82. The second-order valence-corrected chi connectivity index (χ2v) is 5.86. The monoisotopic (exact) mass is 257 g/mol. The molecule has 0 atom stereocenters. The van der Waals surface area contributed by atoms with Crippen molar-refractivity contribution < 1.29 is 0 Å². The van der Waals surface area contributed by atoms with Crippen LogP contribution in [-0.4, -0.2) is 25.1 Å². The first-order valence-corrected chi connectivity index (χ1v) is 7.31. The zero-order chi connectivity index (χ0) is 13.2. The minimum Gasteiger partial charge on any atom is -0.354 e. The Hall–Kier alpha value is -1.51. The summed E-state index contributed by atoms with van der Waals surface area (Å²) < 4.78 is 0. The van der Waals surface area contributed by atoms with Crippen LogP contribution >= 0.6 is 0 Å². The molecule has 1 aromatic rings. The molecule has 0 amide bonds. The smallest absolute Gasteiger partial charge is 0.191 e. The van der Waals surface area contributed by atoms with E-state index in [1.165, 1.54) is 36.8 Å². The molecule has 3 heteroatoms. The van der Waals surface area contributed by atoms with Crippen LogP contribution in [-0.2, 0) is 0 Å². The van der Waals surface area contributed by atoms with Crippen LogP contribution in [0, 0.1) is 6.92 Å². The second-order valence-electron chi connectivity index (χ2n) is 5.86. The van der Waals surface area contributed by atoms with E-state index in [9.17, 15) is 0 Å². The third-order valence-electron chi connectivity index (χ3n) is 4.25. The number of nitrogens with one attached hydrogen (secondary N) is 2. The van der Waals surface area contributed by atoms with Gasteiger partial charge in [-0.15, -0.1) is 0 Å². The highest BCUT2D eigenvalue weighted by molar-refractivity contribution is 5.80. The quantitative estimate of drug-likeness (QED) is 0.645. The summed E-state index contributed by atoms with van der Waals surface area (Å²) in [7, 11) is 1.86. The Kier molecular flexibility index (Phi) is 3.45. The maximum atomic E-state index is 4.30. The van der Waals surface area contributed by atoms with Gasteiger partial charge in [-0.1, -0.05) is 24.3 Å². The zero-order valence-electron chi connectivity index (χ0n) is 11.8. The van der Waals surface area contributed by atoms with Gasteiger partial charge in [0.25, 0.3) is 0 Å². The summed E-state index contributed by atoms with van der Waals surface area (Å²) in [6.45, 7) is 2.21. The molecule has 0 saturated heterocycles. The lowest BCUT2D eigenvalue weighted by molar-refractivity contribution is 0.321. The number of nitrogens with zero attached hydrogens (tertiary/aromatic N) is 1. The molecule has 0 radical (unpaired) electrons. The maximum absolute atomic E-state index is 4.30. The van der Waals surface area contributed by atoms with Crippen LogP contribution in [0.25, 0.3) is 0 Å². The van der Waals surface area contributed by atoms with Gasteiger partial charge in [0, 0.05) is 19.1 Å². The van der Waals surface area contributed by atoms with E-state index < -0.39 is 0 Å². The molecular formula is C16H23N3. The molecule has 2 aliphatic rings. The lowest BCUT2D eigenvalue weighted by Gasteiger charge is -2.37. The number of rotatable bonds is 3. The number of benzene rings is 1. The van der Waals surface area contributed by atoms with E-state index in [2.05, 4.69) is 46.8 Å². The first-order chi connectivity index (χ1) is 9.26. The fraction of sp³-hybridized carbons (Fsp3) is 0.562. The third kappa shape index (κ3) is 2.91. The van der Waals surface area contributed by atoms with Gasteiger partial charge in [-0.2, -0.15) is 0 Å². The molecule has 2 N–H and O–H groups in total. The number of aryl methyl sites for hydroxylation is 1. The summed E-state index contributed by atoms with van der Waals surface area (Å²) in [6.07, 6.45) is 5.01. The summed E-state index contributed by atoms with van der Waals surface area (Å²) in [6, 6.07) is 10.00. The van der Waals surface area contributed by atoms with Crippen molar-refractivity contribution in [1.82, 2.24) is 10.6 Å². The summed E-state index contributed by atoms with van der Waals surface area (Å²) in [5, 5.41) is 6.98. The number of guanidine groups is 1. The van der Waals surface area contributed by atoms with Crippen molar-refractivity contribution in [3.63, 3.8) is 0 Å². The van der Waals surface area contributed by atoms with Crippen LogP contribution in [0.2, 0.25) is 0 Å². The van der Waals surface area contributed by atoms with Crippen molar-refractivity contribution in [2.75, 3.05) is 7.05 Å². The predicted molar refractivity (Wildman–Crippen MR) is 79.6 cm³/mol. The molecule has 19 heavy (non-hydrogen) atoms. The Bertz CT molecular complexity index is 471. The minimum absolute atomic E-state index is 0.578. The summed E-state index contributed by atoms with van der Waals surface area (Å²) in [5.41, 5.74) is 2.94. The molecule has 0 heterocycles. The lowest BCUT2D eigenvalue weighted by atomic mass is 9.74. The molecule has 0 unspecified atom stereocenters. The highest BCUT2D eigenvalue weighted by atomic mass is 15.2. The topological polar surface area (TPSA) is 36.4 Å². The van der Waals surface area contributed by atoms with Crippen molar-refractivity contribution in [3.05, 3.63) is 35.4 Å². The Morgan fingerprint density at radius 3 is 2.42 bits per heavy atom. The van der Waals surface area contributed by atoms with E-state index in [0.717, 1.165) is 11.9 Å². The fourth-order valence-corrected chi connectivity index (χ4v) is 2.82. The molecule has 3 rings (SSSR count). The van der Waals surface area contributed by atoms with Crippen LogP contribution in [0.15, 0.2) is 29.3 Å². The van der Waals surface area contributed by atoms with Crippen molar-refractivity contribution >= 4 is 5.96 Å². The van der Waals surface area contributed by atoms with Crippen LogP contribution in [0.5, 0.6) is 0 Å². The van der Waals surface area contributed by atoms with Gasteiger partial charge in [-0.05, 0) is 49.7 Å². The molecule has 3 nitrogen and oxygen atoms in total. The molecule has 102 valence electrons. The molecule has 1 aromatic carbocycles. The van der Waals surface area contributed by atoms with E-state index in [4.69, 9.17) is 0 Å². The summed E-state index contributed by atoms with van der Waals surface area (Å²) in [5.74, 6) is 1.70. The van der Waals surface area contributed by atoms with Crippen LogP contribution in [0.1, 0.15) is 42.7 Å². The largest absolute Gasteiger partial charge is 0.354 e. The van der Waals surface area contributed by atoms with Gasteiger partial charge >= 0.3 is 0 Å². The first-order valence-electron chi connectivity index (χ1n) is 7.31. The molecule has 2 fully saturated rings. The highest BCUT2D eigenvalue weighted by Gasteiger charge is 2.32. The Balaban J connectivity index is 1.51. The third-order valence-corrected chi connectivity index (χ3v) is 4.25. The Morgan fingerprint density at radius 1 is 1.11 bits per heavy atom. The van der Waals surface area contributed by atoms with Gasteiger partial charge in [-0.3, -0.25) is 4.99 Å². The van der Waals surface area contributed by atoms with Gasteiger partial charge in [-0.25, -0.2) is 0 Å². The molecule has 0 spiro atoms. The van der Waals surface area contributed by atoms with E-state index in [-0.39, 0.29) is 0 Å². The predicted octanol–water partition coefficient (Wildman–Crippen LogP) is 2.57. The van der Waals surface area contributed by atoms with E-state index >= 15 is 0 Å². The SMILES string of the molecule is CN=C(NC1CC1)NC1CC(c2ccccc2C)C1. The molecule has 0 aliphatic heterocycles. The average molecular weight is 257 g/mol. The second kappa shape index (κ2) is 5.24. The van der Waals surface area contributed by atoms with Crippen LogP contribution < -0.4 is 10.6 Å². The standard InChI is InChI=1S/C16H23N3/c1-11-5-3-4-6-15(11)12-9-14(10-12)19-16(17-2)18-13-7-8-13/h3-6,12-14H,7-10H2,1-2H3,(H2,17,18,19). The number of aliphatic imine (C=N–C) groups is 1. The molecule has 2 aliphatic carbocycles. The maximum Gasteiger partial charge on any atom is 0.191 e. The van der Waals surface area contributed by atoms with E-state index in [1.54, 1.807) is 0 Å². The van der Waals surface area contributed by atoms with Crippen LogP contribution in [0.4, 0.5) is 0 Å². The minimum atomic E-state index is 0.578. The van der Waals surface area contributed by atoms with E-state index in [1.807, 2.05) is 7.05 Å². The zero-order valence-corrected chi connectivity index (χ0v) is 11.8. The van der Waals surface area contributed by atoms with Crippen molar-refractivity contribution in [2.45, 2.75) is 50.6 Å². The van der Waals surface area contributed by atoms with Gasteiger partial charge in [0.15, 0.2) is 5.96 Å². The average Bonchev–Trinajstić information content (AvgIpc) is 3.17.